The SMILES string of the molecule is O=C(Nc1ccc(O)c(C(=O)O)c1)c1ccc2c(c1)OCCCCO2. The van der Waals surface area contributed by atoms with Crippen LogP contribution in [0.4, 0.5) is 5.69 Å². The third-order valence-corrected chi connectivity index (χ3v) is 3.74. The molecule has 1 aliphatic rings. The molecule has 130 valence electrons. The van der Waals surface area contributed by atoms with Gasteiger partial charge in [-0.1, -0.05) is 0 Å². The number of amides is 1. The summed E-state index contributed by atoms with van der Waals surface area (Å²) in [5, 5.41) is 21.1. The molecule has 3 N–H and O–H groups in total. The van der Waals surface area contributed by atoms with Gasteiger partial charge < -0.3 is 25.0 Å². The predicted octanol–water partition coefficient (Wildman–Crippen LogP) is 2.89. The first kappa shape index (κ1) is 16.6. The van der Waals surface area contributed by atoms with Gasteiger partial charge in [0.1, 0.15) is 11.3 Å². The molecule has 2 aromatic carbocycles. The molecular weight excluding hydrogens is 326 g/mol. The van der Waals surface area contributed by atoms with Crippen molar-refractivity contribution in [2.24, 2.45) is 0 Å². The van der Waals surface area contributed by atoms with Crippen molar-refractivity contribution in [1.29, 1.82) is 0 Å². The Morgan fingerprint density at radius 1 is 0.960 bits per heavy atom. The Labute approximate surface area is 143 Å². The number of hydrogen-bond acceptors (Lipinski definition) is 5. The predicted molar refractivity (Wildman–Crippen MR) is 89.7 cm³/mol. The van der Waals surface area contributed by atoms with E-state index in [0.717, 1.165) is 12.8 Å². The normalized spacial score (nSPS) is 13.4. The molecule has 7 heteroatoms. The Balaban J connectivity index is 1.80. The van der Waals surface area contributed by atoms with E-state index in [2.05, 4.69) is 5.32 Å². The van der Waals surface area contributed by atoms with E-state index in [1.807, 2.05) is 0 Å². The lowest BCUT2D eigenvalue weighted by Crippen LogP contribution is -2.14. The molecule has 0 saturated heterocycles. The van der Waals surface area contributed by atoms with E-state index in [1.54, 1.807) is 18.2 Å². The van der Waals surface area contributed by atoms with E-state index in [4.69, 9.17) is 14.6 Å². The van der Waals surface area contributed by atoms with Gasteiger partial charge >= 0.3 is 5.97 Å². The summed E-state index contributed by atoms with van der Waals surface area (Å²) < 4.78 is 11.2. The second kappa shape index (κ2) is 7.12. The number of phenols is 1. The number of ether oxygens (including phenoxy) is 2. The van der Waals surface area contributed by atoms with Gasteiger partial charge in [0.25, 0.3) is 5.91 Å². The van der Waals surface area contributed by atoms with E-state index in [9.17, 15) is 14.7 Å². The van der Waals surface area contributed by atoms with Gasteiger partial charge in [0.15, 0.2) is 11.5 Å². The molecule has 25 heavy (non-hydrogen) atoms. The number of nitrogens with one attached hydrogen (secondary N) is 1. The largest absolute Gasteiger partial charge is 0.507 e. The molecule has 0 fully saturated rings. The maximum Gasteiger partial charge on any atom is 0.339 e. The lowest BCUT2D eigenvalue weighted by molar-refractivity contribution is 0.0693. The number of fused-ring (bicyclic) bond motifs is 1. The molecule has 1 heterocycles. The number of aromatic carboxylic acids is 1. The summed E-state index contributed by atoms with van der Waals surface area (Å²) in [6.45, 7) is 1.16. The van der Waals surface area contributed by atoms with Crippen LogP contribution in [-0.2, 0) is 0 Å². The van der Waals surface area contributed by atoms with E-state index in [1.165, 1.54) is 18.2 Å². The summed E-state index contributed by atoms with van der Waals surface area (Å²) in [5.41, 5.74) is 0.338. The number of carbonyl (C=O) groups is 2. The molecule has 0 saturated carbocycles. The quantitative estimate of drug-likeness (QED) is 0.740. The zero-order valence-corrected chi connectivity index (χ0v) is 13.3. The molecule has 7 nitrogen and oxygen atoms in total. The highest BCUT2D eigenvalue weighted by Gasteiger charge is 2.15. The summed E-state index contributed by atoms with van der Waals surface area (Å²) in [5.74, 6) is -0.966. The topological polar surface area (TPSA) is 105 Å². The Hall–Kier alpha value is -3.22. The fourth-order valence-electron chi connectivity index (χ4n) is 2.44. The number of carboxylic acid groups (broad SMARTS) is 1. The van der Waals surface area contributed by atoms with Crippen molar-refractivity contribution in [3.63, 3.8) is 0 Å². The van der Waals surface area contributed by atoms with E-state index in [-0.39, 0.29) is 17.0 Å². The first-order valence-corrected chi connectivity index (χ1v) is 7.82. The summed E-state index contributed by atoms with van der Waals surface area (Å²) in [6, 6.07) is 8.72. The summed E-state index contributed by atoms with van der Waals surface area (Å²) >= 11 is 0. The number of carboxylic acids is 1. The molecule has 1 aliphatic heterocycles. The highest BCUT2D eigenvalue weighted by Crippen LogP contribution is 2.30. The molecule has 3 rings (SSSR count). The molecular formula is C18H17NO6. The molecule has 0 unspecified atom stereocenters. The lowest BCUT2D eigenvalue weighted by atomic mass is 10.1. The Morgan fingerprint density at radius 3 is 2.40 bits per heavy atom. The van der Waals surface area contributed by atoms with Gasteiger partial charge in [0, 0.05) is 11.3 Å². The van der Waals surface area contributed by atoms with Crippen molar-refractivity contribution in [2.45, 2.75) is 12.8 Å². The Bertz CT molecular complexity index is 817. The number of hydrogen-bond donors (Lipinski definition) is 3. The van der Waals surface area contributed by atoms with Crippen LogP contribution in [0.5, 0.6) is 17.2 Å². The maximum atomic E-state index is 12.4. The molecule has 0 atom stereocenters. The lowest BCUT2D eigenvalue weighted by Gasteiger charge is -2.17. The second-order valence-electron chi connectivity index (χ2n) is 5.56. The van der Waals surface area contributed by atoms with Crippen molar-refractivity contribution in [1.82, 2.24) is 0 Å². The van der Waals surface area contributed by atoms with Crippen LogP contribution >= 0.6 is 0 Å². The van der Waals surface area contributed by atoms with Crippen LogP contribution in [0.2, 0.25) is 0 Å². The van der Waals surface area contributed by atoms with Gasteiger partial charge in [0.05, 0.1) is 13.2 Å². The van der Waals surface area contributed by atoms with Gasteiger partial charge in [-0.15, -0.1) is 0 Å². The van der Waals surface area contributed by atoms with Crippen LogP contribution in [0.15, 0.2) is 36.4 Å². The Morgan fingerprint density at radius 2 is 1.68 bits per heavy atom. The number of anilines is 1. The first-order chi connectivity index (χ1) is 12.0. The van der Waals surface area contributed by atoms with Crippen LogP contribution in [0.1, 0.15) is 33.6 Å². The highest BCUT2D eigenvalue weighted by atomic mass is 16.5. The van der Waals surface area contributed by atoms with Crippen molar-refractivity contribution in [3.05, 3.63) is 47.5 Å². The van der Waals surface area contributed by atoms with Gasteiger partial charge in [-0.3, -0.25) is 4.79 Å². The zero-order chi connectivity index (χ0) is 17.8. The monoisotopic (exact) mass is 343 g/mol. The zero-order valence-electron chi connectivity index (χ0n) is 13.3. The maximum absolute atomic E-state index is 12.4. The average Bonchev–Trinajstić information content (AvgIpc) is 2.56. The van der Waals surface area contributed by atoms with Gasteiger partial charge in [-0.05, 0) is 49.2 Å². The standard InChI is InChI=1S/C18H17NO6/c20-14-5-4-12(10-13(14)18(22)23)19-17(21)11-3-6-15-16(9-11)25-8-2-1-7-24-15/h3-6,9-10,20H,1-2,7-8H2,(H,19,21)(H,22,23). The highest BCUT2D eigenvalue weighted by molar-refractivity contribution is 6.05. The second-order valence-corrected chi connectivity index (χ2v) is 5.56. The van der Waals surface area contributed by atoms with Crippen molar-refractivity contribution in [2.75, 3.05) is 18.5 Å². The van der Waals surface area contributed by atoms with Crippen LogP contribution < -0.4 is 14.8 Å². The number of rotatable bonds is 3. The van der Waals surface area contributed by atoms with Gasteiger partial charge in [-0.2, -0.15) is 0 Å². The van der Waals surface area contributed by atoms with Crippen LogP contribution in [0.25, 0.3) is 0 Å². The first-order valence-electron chi connectivity index (χ1n) is 7.82. The van der Waals surface area contributed by atoms with Crippen LogP contribution in [0, 0.1) is 0 Å². The smallest absolute Gasteiger partial charge is 0.339 e. The number of carbonyl (C=O) groups excluding carboxylic acids is 1. The molecule has 1 amide bonds. The van der Waals surface area contributed by atoms with Crippen molar-refractivity contribution < 1.29 is 29.3 Å². The molecule has 2 aromatic rings. The van der Waals surface area contributed by atoms with E-state index >= 15 is 0 Å². The third kappa shape index (κ3) is 3.82. The van der Waals surface area contributed by atoms with Crippen LogP contribution in [-0.4, -0.2) is 35.3 Å². The summed E-state index contributed by atoms with van der Waals surface area (Å²) in [7, 11) is 0. The summed E-state index contributed by atoms with van der Waals surface area (Å²) in [6.07, 6.45) is 1.79. The fraction of sp³-hybridized carbons (Fsp3) is 0.222. The minimum atomic E-state index is -1.28. The van der Waals surface area contributed by atoms with Crippen molar-refractivity contribution in [3.8, 4) is 17.2 Å². The van der Waals surface area contributed by atoms with Gasteiger partial charge in [-0.25, -0.2) is 4.79 Å². The number of benzene rings is 2. The van der Waals surface area contributed by atoms with Crippen LogP contribution in [0.3, 0.4) is 0 Å². The molecule has 0 radical (unpaired) electrons. The number of aromatic hydroxyl groups is 1. The van der Waals surface area contributed by atoms with E-state index < -0.39 is 11.9 Å². The molecule has 0 aliphatic carbocycles. The molecule has 0 bridgehead atoms. The Kier molecular flexibility index (Phi) is 4.74. The third-order valence-electron chi connectivity index (χ3n) is 3.74. The molecule has 0 spiro atoms. The van der Waals surface area contributed by atoms with E-state index in [0.29, 0.717) is 30.3 Å². The fourth-order valence-corrected chi connectivity index (χ4v) is 2.44. The average molecular weight is 343 g/mol. The summed E-state index contributed by atoms with van der Waals surface area (Å²) in [4.78, 5) is 23.5. The minimum Gasteiger partial charge on any atom is -0.507 e. The van der Waals surface area contributed by atoms with Gasteiger partial charge in [0.2, 0.25) is 0 Å². The minimum absolute atomic E-state index is 0.268. The van der Waals surface area contributed by atoms with Crippen molar-refractivity contribution >= 4 is 17.6 Å². The molecule has 0 aromatic heterocycles.